The second kappa shape index (κ2) is 5.56. The van der Waals surface area contributed by atoms with E-state index in [1.807, 2.05) is 28.9 Å². The van der Waals surface area contributed by atoms with Gasteiger partial charge in [0.05, 0.1) is 0 Å². The Morgan fingerprint density at radius 1 is 0.600 bits per heavy atom. The minimum absolute atomic E-state index is 0.746. The molecule has 3 nitrogen and oxygen atoms in total. The molecule has 0 aliphatic heterocycles. The first-order valence-electron chi connectivity index (χ1n) is 8.28. The summed E-state index contributed by atoms with van der Waals surface area (Å²) in [4.78, 5) is 4.77. The molecule has 5 aromatic rings. The highest BCUT2D eigenvalue weighted by Gasteiger charge is 2.09. The molecule has 0 atom stereocenters. The van der Waals surface area contributed by atoms with Gasteiger partial charge in [-0.3, -0.25) is 0 Å². The lowest BCUT2D eigenvalue weighted by Crippen LogP contribution is -1.87. The van der Waals surface area contributed by atoms with Crippen molar-refractivity contribution in [1.82, 2.24) is 14.6 Å². The van der Waals surface area contributed by atoms with E-state index in [0.29, 0.717) is 0 Å². The van der Waals surface area contributed by atoms with Gasteiger partial charge < -0.3 is 0 Å². The first kappa shape index (κ1) is 13.9. The van der Waals surface area contributed by atoms with Crippen LogP contribution in [0.2, 0.25) is 0 Å². The molecule has 0 saturated carbocycles. The highest BCUT2D eigenvalue weighted by Crippen LogP contribution is 2.25. The lowest BCUT2D eigenvalue weighted by atomic mass is 10.0. The summed E-state index contributed by atoms with van der Waals surface area (Å²) < 4.78 is 1.85. The number of hydrogen-bond donors (Lipinski definition) is 0. The predicted molar refractivity (Wildman–Crippen MR) is 101 cm³/mol. The molecule has 0 aliphatic carbocycles. The number of aromatic nitrogens is 3. The van der Waals surface area contributed by atoms with Crippen molar-refractivity contribution in [2.45, 2.75) is 0 Å². The molecule has 0 N–H and O–H groups in total. The first-order chi connectivity index (χ1) is 12.4. The van der Waals surface area contributed by atoms with Gasteiger partial charge in [-0.1, -0.05) is 78.9 Å². The van der Waals surface area contributed by atoms with Crippen LogP contribution >= 0.6 is 0 Å². The molecule has 0 saturated heterocycles. The lowest BCUT2D eigenvalue weighted by molar-refractivity contribution is 0.971. The average Bonchev–Trinajstić information content (AvgIpc) is 3.14. The van der Waals surface area contributed by atoms with Crippen LogP contribution in [0.25, 0.3) is 38.9 Å². The third kappa shape index (κ3) is 2.37. The van der Waals surface area contributed by atoms with Gasteiger partial charge in [0.25, 0.3) is 0 Å². The van der Waals surface area contributed by atoms with E-state index < -0.39 is 0 Å². The zero-order valence-electron chi connectivity index (χ0n) is 13.5. The van der Waals surface area contributed by atoms with Crippen LogP contribution in [-0.2, 0) is 0 Å². The van der Waals surface area contributed by atoms with Crippen LogP contribution < -0.4 is 0 Å². The van der Waals surface area contributed by atoms with Crippen molar-refractivity contribution in [2.24, 2.45) is 0 Å². The van der Waals surface area contributed by atoms with E-state index in [9.17, 15) is 0 Å². The van der Waals surface area contributed by atoms with Crippen molar-refractivity contribution in [3.63, 3.8) is 0 Å². The van der Waals surface area contributed by atoms with Crippen LogP contribution in [0, 0.1) is 0 Å². The van der Waals surface area contributed by atoms with Crippen LogP contribution in [0.3, 0.4) is 0 Å². The molecule has 2 aromatic heterocycles. The Balaban J connectivity index is 1.60. The van der Waals surface area contributed by atoms with Gasteiger partial charge >= 0.3 is 0 Å². The predicted octanol–water partition coefficient (Wildman–Crippen LogP) is 5.22. The SMILES string of the molecule is c1ccc(-c2ccc(-c3nc4c5ccccc5ccn4n3)cc2)cc1. The first-order valence-corrected chi connectivity index (χ1v) is 8.28. The second-order valence-electron chi connectivity index (χ2n) is 6.05. The summed E-state index contributed by atoms with van der Waals surface area (Å²) in [6.45, 7) is 0. The van der Waals surface area contributed by atoms with E-state index in [1.54, 1.807) is 0 Å². The molecular weight excluding hydrogens is 306 g/mol. The molecule has 0 radical (unpaired) electrons. The Bertz CT molecular complexity index is 1170. The number of hydrogen-bond acceptors (Lipinski definition) is 2. The molecule has 0 amide bonds. The van der Waals surface area contributed by atoms with Gasteiger partial charge in [-0.2, -0.15) is 0 Å². The Labute approximate surface area is 145 Å². The smallest absolute Gasteiger partial charge is 0.182 e. The van der Waals surface area contributed by atoms with Crippen molar-refractivity contribution >= 4 is 16.4 Å². The van der Waals surface area contributed by atoms with Gasteiger partial charge in [0.1, 0.15) is 0 Å². The quantitative estimate of drug-likeness (QED) is 0.446. The van der Waals surface area contributed by atoms with Crippen LogP contribution in [0.15, 0.2) is 91.1 Å². The topological polar surface area (TPSA) is 30.2 Å². The Morgan fingerprint density at radius 3 is 2.12 bits per heavy atom. The second-order valence-corrected chi connectivity index (χ2v) is 6.05. The zero-order valence-corrected chi connectivity index (χ0v) is 13.5. The highest BCUT2D eigenvalue weighted by molar-refractivity contribution is 5.94. The molecule has 0 fully saturated rings. The molecule has 2 heterocycles. The molecule has 5 rings (SSSR count). The average molecular weight is 321 g/mol. The fourth-order valence-corrected chi connectivity index (χ4v) is 3.17. The zero-order chi connectivity index (χ0) is 16.6. The normalized spacial score (nSPS) is 11.2. The van der Waals surface area contributed by atoms with Gasteiger partial charge in [0.15, 0.2) is 11.5 Å². The Kier molecular flexibility index (Phi) is 3.10. The molecule has 3 aromatic carbocycles. The summed E-state index contributed by atoms with van der Waals surface area (Å²) in [5, 5.41) is 6.93. The standard InChI is InChI=1S/C22H15N3/c1-2-6-16(7-3-1)17-10-12-19(13-11-17)21-23-22-20-9-5-4-8-18(20)14-15-25(22)24-21/h1-15H. The van der Waals surface area contributed by atoms with Crippen molar-refractivity contribution in [2.75, 3.05) is 0 Å². The summed E-state index contributed by atoms with van der Waals surface area (Å²) >= 11 is 0. The van der Waals surface area contributed by atoms with Gasteiger partial charge in [0, 0.05) is 17.1 Å². The van der Waals surface area contributed by atoms with E-state index in [-0.39, 0.29) is 0 Å². The Hall–Kier alpha value is -3.46. The van der Waals surface area contributed by atoms with Crippen molar-refractivity contribution in [1.29, 1.82) is 0 Å². The van der Waals surface area contributed by atoms with Gasteiger partial charge in [0.2, 0.25) is 0 Å². The molecule has 0 aliphatic rings. The van der Waals surface area contributed by atoms with Gasteiger partial charge in [-0.25, -0.2) is 9.50 Å². The maximum absolute atomic E-state index is 4.77. The van der Waals surface area contributed by atoms with Gasteiger partial charge in [-0.15, -0.1) is 5.10 Å². The monoisotopic (exact) mass is 321 g/mol. The van der Waals surface area contributed by atoms with E-state index in [2.05, 4.69) is 71.8 Å². The molecule has 25 heavy (non-hydrogen) atoms. The van der Waals surface area contributed by atoms with E-state index >= 15 is 0 Å². The number of pyridine rings is 1. The molecule has 0 unspecified atom stereocenters. The summed E-state index contributed by atoms with van der Waals surface area (Å²) in [5.41, 5.74) is 4.31. The third-order valence-electron chi connectivity index (χ3n) is 4.48. The van der Waals surface area contributed by atoms with Gasteiger partial charge in [-0.05, 0) is 22.6 Å². The van der Waals surface area contributed by atoms with E-state index in [1.165, 1.54) is 16.5 Å². The third-order valence-corrected chi connectivity index (χ3v) is 4.48. The fourth-order valence-electron chi connectivity index (χ4n) is 3.17. The number of nitrogens with zero attached hydrogens (tertiary/aromatic N) is 3. The molecule has 118 valence electrons. The van der Waals surface area contributed by atoms with E-state index in [4.69, 9.17) is 4.98 Å². The summed E-state index contributed by atoms with van der Waals surface area (Å²) in [5.74, 6) is 0.746. The van der Waals surface area contributed by atoms with Crippen molar-refractivity contribution in [3.8, 4) is 22.5 Å². The summed E-state index contributed by atoms with van der Waals surface area (Å²) in [7, 11) is 0. The van der Waals surface area contributed by atoms with Crippen LogP contribution in [0.1, 0.15) is 0 Å². The molecular formula is C22H15N3. The minimum Gasteiger partial charge on any atom is -0.220 e. The highest BCUT2D eigenvalue weighted by atomic mass is 15.3. The lowest BCUT2D eigenvalue weighted by Gasteiger charge is -2.02. The number of benzene rings is 3. The van der Waals surface area contributed by atoms with Crippen LogP contribution in [0.4, 0.5) is 0 Å². The number of fused-ring (bicyclic) bond motifs is 3. The summed E-state index contributed by atoms with van der Waals surface area (Å²) in [6, 6.07) is 29.1. The minimum atomic E-state index is 0.746. The van der Waals surface area contributed by atoms with Crippen molar-refractivity contribution in [3.05, 3.63) is 91.1 Å². The molecule has 3 heteroatoms. The summed E-state index contributed by atoms with van der Waals surface area (Å²) in [6.07, 6.45) is 1.96. The largest absolute Gasteiger partial charge is 0.220 e. The maximum Gasteiger partial charge on any atom is 0.182 e. The van der Waals surface area contributed by atoms with E-state index in [0.717, 1.165) is 22.4 Å². The Morgan fingerprint density at radius 2 is 1.28 bits per heavy atom. The maximum atomic E-state index is 4.77. The molecule has 0 spiro atoms. The van der Waals surface area contributed by atoms with Crippen LogP contribution in [0.5, 0.6) is 0 Å². The van der Waals surface area contributed by atoms with Crippen LogP contribution in [-0.4, -0.2) is 14.6 Å². The molecule has 0 bridgehead atoms. The van der Waals surface area contributed by atoms with Crippen molar-refractivity contribution < 1.29 is 0 Å². The number of rotatable bonds is 2. The fraction of sp³-hybridized carbons (Fsp3) is 0.